The quantitative estimate of drug-likeness (QED) is 0.594. The molecule has 1 aromatic rings. The van der Waals surface area contributed by atoms with Gasteiger partial charge < -0.3 is 4.74 Å². The van der Waals surface area contributed by atoms with E-state index in [1.165, 1.54) is 6.08 Å². The number of nitrogens with zero attached hydrogens (tertiary/aromatic N) is 1. The summed E-state index contributed by atoms with van der Waals surface area (Å²) in [6.45, 7) is 7.25. The summed E-state index contributed by atoms with van der Waals surface area (Å²) in [6.07, 6.45) is 8.15. The summed E-state index contributed by atoms with van der Waals surface area (Å²) in [4.78, 5) is 18.1. The molecule has 4 heteroatoms. The average molecular weight is 305 g/mol. The van der Waals surface area contributed by atoms with Crippen LogP contribution in [0.4, 0.5) is 0 Å². The van der Waals surface area contributed by atoms with E-state index >= 15 is 0 Å². The SMILES string of the molecule is C=CC(=O)C(C)(CC1CCOCC1)c1ccc(SC)cn1. The van der Waals surface area contributed by atoms with Crippen LogP contribution in [-0.4, -0.2) is 30.2 Å². The zero-order valence-corrected chi connectivity index (χ0v) is 13.6. The lowest BCUT2D eigenvalue weighted by Crippen LogP contribution is -2.36. The Morgan fingerprint density at radius 1 is 1.52 bits per heavy atom. The third-order valence-corrected chi connectivity index (χ3v) is 5.02. The fourth-order valence-electron chi connectivity index (χ4n) is 2.91. The smallest absolute Gasteiger partial charge is 0.166 e. The van der Waals surface area contributed by atoms with Crippen molar-refractivity contribution in [3.63, 3.8) is 0 Å². The van der Waals surface area contributed by atoms with Gasteiger partial charge in [-0.3, -0.25) is 9.78 Å². The summed E-state index contributed by atoms with van der Waals surface area (Å²) in [5.41, 5.74) is 0.262. The van der Waals surface area contributed by atoms with Crippen molar-refractivity contribution in [2.45, 2.75) is 36.5 Å². The Morgan fingerprint density at radius 3 is 2.76 bits per heavy atom. The Labute approximate surface area is 131 Å². The minimum Gasteiger partial charge on any atom is -0.381 e. The molecular weight excluding hydrogens is 282 g/mol. The standard InChI is InChI=1S/C17H23NO2S/c1-4-16(19)17(2,11-13-7-9-20-10-8-13)15-6-5-14(21-3)12-18-15/h4-6,12-13H,1,7-11H2,2-3H3. The maximum Gasteiger partial charge on any atom is 0.166 e. The molecule has 0 radical (unpaired) electrons. The summed E-state index contributed by atoms with van der Waals surface area (Å²) in [5, 5.41) is 0. The van der Waals surface area contributed by atoms with E-state index in [-0.39, 0.29) is 5.78 Å². The van der Waals surface area contributed by atoms with Crippen LogP contribution in [-0.2, 0) is 14.9 Å². The molecule has 0 saturated carbocycles. The first-order chi connectivity index (χ1) is 10.1. The number of allylic oxidation sites excluding steroid dienone is 1. The van der Waals surface area contributed by atoms with E-state index in [9.17, 15) is 4.79 Å². The molecule has 0 amide bonds. The zero-order chi connectivity index (χ0) is 15.3. The molecule has 1 aliphatic rings. The number of ketones is 1. The van der Waals surface area contributed by atoms with Gasteiger partial charge in [0, 0.05) is 24.3 Å². The number of hydrogen-bond acceptors (Lipinski definition) is 4. The van der Waals surface area contributed by atoms with E-state index in [0.29, 0.717) is 5.92 Å². The van der Waals surface area contributed by atoms with Crippen LogP contribution in [0, 0.1) is 5.92 Å². The molecule has 0 bridgehead atoms. The first-order valence-electron chi connectivity index (χ1n) is 7.35. The second-order valence-corrected chi connectivity index (χ2v) is 6.62. The zero-order valence-electron chi connectivity index (χ0n) is 12.8. The monoisotopic (exact) mass is 305 g/mol. The van der Waals surface area contributed by atoms with E-state index in [1.54, 1.807) is 11.8 Å². The third kappa shape index (κ3) is 3.74. The minimum atomic E-state index is -0.583. The highest BCUT2D eigenvalue weighted by molar-refractivity contribution is 7.98. The van der Waals surface area contributed by atoms with Crippen LogP contribution in [0.15, 0.2) is 35.9 Å². The van der Waals surface area contributed by atoms with Gasteiger partial charge in [0.2, 0.25) is 0 Å². The highest BCUT2D eigenvalue weighted by Gasteiger charge is 2.37. The van der Waals surface area contributed by atoms with E-state index < -0.39 is 5.41 Å². The molecule has 0 aromatic carbocycles. The molecule has 1 saturated heterocycles. The van der Waals surface area contributed by atoms with Crippen LogP contribution in [0.3, 0.4) is 0 Å². The summed E-state index contributed by atoms with van der Waals surface area (Å²) in [5.74, 6) is 0.563. The van der Waals surface area contributed by atoms with Gasteiger partial charge in [0.15, 0.2) is 5.78 Å². The largest absolute Gasteiger partial charge is 0.381 e. The van der Waals surface area contributed by atoms with Crippen molar-refractivity contribution >= 4 is 17.5 Å². The minimum absolute atomic E-state index is 0.0541. The van der Waals surface area contributed by atoms with Crippen molar-refractivity contribution in [1.82, 2.24) is 4.98 Å². The molecule has 3 nitrogen and oxygen atoms in total. The van der Waals surface area contributed by atoms with Crippen LogP contribution in [0.2, 0.25) is 0 Å². The molecule has 1 atom stereocenters. The van der Waals surface area contributed by atoms with Crippen LogP contribution < -0.4 is 0 Å². The third-order valence-electron chi connectivity index (χ3n) is 4.30. The summed E-state index contributed by atoms with van der Waals surface area (Å²) in [7, 11) is 0. The molecule has 2 heterocycles. The van der Waals surface area contributed by atoms with Gasteiger partial charge in [0.05, 0.1) is 11.1 Å². The first-order valence-corrected chi connectivity index (χ1v) is 8.57. The van der Waals surface area contributed by atoms with Gasteiger partial charge in [-0.2, -0.15) is 0 Å². The molecule has 1 aromatic heterocycles. The number of carbonyl (C=O) groups is 1. The summed E-state index contributed by atoms with van der Waals surface area (Å²) >= 11 is 1.65. The Bertz CT molecular complexity index is 494. The van der Waals surface area contributed by atoms with Crippen molar-refractivity contribution in [1.29, 1.82) is 0 Å². The number of thioether (sulfide) groups is 1. The van der Waals surface area contributed by atoms with Gasteiger partial charge in [-0.15, -0.1) is 11.8 Å². The molecule has 114 valence electrons. The van der Waals surface area contributed by atoms with Crippen molar-refractivity contribution in [2.24, 2.45) is 5.92 Å². The summed E-state index contributed by atoms with van der Waals surface area (Å²) in [6, 6.07) is 4.01. The van der Waals surface area contributed by atoms with E-state index in [4.69, 9.17) is 4.74 Å². The Hall–Kier alpha value is -1.13. The maximum absolute atomic E-state index is 12.5. The Balaban J connectivity index is 2.26. The molecule has 0 aliphatic carbocycles. The topological polar surface area (TPSA) is 39.2 Å². The van der Waals surface area contributed by atoms with Gasteiger partial charge in [0.25, 0.3) is 0 Å². The highest BCUT2D eigenvalue weighted by atomic mass is 32.2. The molecule has 1 unspecified atom stereocenters. The molecule has 21 heavy (non-hydrogen) atoms. The number of pyridine rings is 1. The molecule has 1 aliphatic heterocycles. The normalized spacial score (nSPS) is 19.0. The van der Waals surface area contributed by atoms with Gasteiger partial charge in [0.1, 0.15) is 0 Å². The number of aromatic nitrogens is 1. The van der Waals surface area contributed by atoms with Crippen LogP contribution in [0.5, 0.6) is 0 Å². The fraction of sp³-hybridized carbons (Fsp3) is 0.529. The average Bonchev–Trinajstić information content (AvgIpc) is 2.55. The maximum atomic E-state index is 12.5. The fourth-order valence-corrected chi connectivity index (χ4v) is 3.27. The van der Waals surface area contributed by atoms with E-state index in [0.717, 1.165) is 43.1 Å². The first kappa shape index (κ1) is 16.2. The number of rotatable bonds is 6. The Morgan fingerprint density at radius 2 is 2.24 bits per heavy atom. The van der Waals surface area contributed by atoms with Crippen molar-refractivity contribution in [2.75, 3.05) is 19.5 Å². The molecule has 0 spiro atoms. The van der Waals surface area contributed by atoms with Gasteiger partial charge in [-0.1, -0.05) is 6.58 Å². The lowest BCUT2D eigenvalue weighted by atomic mass is 9.73. The second-order valence-electron chi connectivity index (χ2n) is 5.74. The van der Waals surface area contributed by atoms with Crippen molar-refractivity contribution in [3.8, 4) is 0 Å². The lowest BCUT2D eigenvalue weighted by molar-refractivity contribution is -0.120. The number of hydrogen-bond donors (Lipinski definition) is 0. The molecule has 0 N–H and O–H groups in total. The van der Waals surface area contributed by atoms with Crippen LogP contribution >= 0.6 is 11.8 Å². The van der Waals surface area contributed by atoms with Gasteiger partial charge >= 0.3 is 0 Å². The van der Waals surface area contributed by atoms with E-state index in [1.807, 2.05) is 31.5 Å². The predicted octanol–water partition coefficient (Wildman–Crippen LogP) is 3.63. The predicted molar refractivity (Wildman–Crippen MR) is 86.7 cm³/mol. The van der Waals surface area contributed by atoms with Gasteiger partial charge in [-0.05, 0) is 56.6 Å². The molecular formula is C17H23NO2S. The number of ether oxygens (including phenoxy) is 1. The lowest BCUT2D eigenvalue weighted by Gasteiger charge is -2.32. The van der Waals surface area contributed by atoms with Crippen LogP contribution in [0.25, 0.3) is 0 Å². The van der Waals surface area contributed by atoms with Crippen molar-refractivity contribution in [3.05, 3.63) is 36.7 Å². The number of carbonyl (C=O) groups excluding carboxylic acids is 1. The second kappa shape index (κ2) is 7.23. The van der Waals surface area contributed by atoms with Crippen molar-refractivity contribution < 1.29 is 9.53 Å². The Kier molecular flexibility index (Phi) is 5.59. The molecule has 2 rings (SSSR count). The highest BCUT2D eigenvalue weighted by Crippen LogP contribution is 2.35. The van der Waals surface area contributed by atoms with E-state index in [2.05, 4.69) is 11.6 Å². The van der Waals surface area contributed by atoms with Crippen LogP contribution in [0.1, 0.15) is 31.9 Å². The van der Waals surface area contributed by atoms with Gasteiger partial charge in [-0.25, -0.2) is 0 Å². The summed E-state index contributed by atoms with van der Waals surface area (Å²) < 4.78 is 5.41. The molecule has 1 fully saturated rings.